The van der Waals surface area contributed by atoms with Crippen molar-refractivity contribution in [1.82, 2.24) is 5.32 Å². The molecule has 0 fully saturated rings. The lowest BCUT2D eigenvalue weighted by atomic mass is 10.1. The van der Waals surface area contributed by atoms with Gasteiger partial charge >= 0.3 is 12.0 Å². The van der Waals surface area contributed by atoms with Gasteiger partial charge in [0.15, 0.2) is 11.6 Å². The van der Waals surface area contributed by atoms with Crippen LogP contribution in [-0.2, 0) is 4.79 Å². The van der Waals surface area contributed by atoms with Gasteiger partial charge in [-0.3, -0.25) is 4.79 Å². The molecule has 2 amide bonds. The first-order chi connectivity index (χ1) is 9.33. The summed E-state index contributed by atoms with van der Waals surface area (Å²) in [6.45, 7) is 1.66. The van der Waals surface area contributed by atoms with Crippen molar-refractivity contribution in [3.05, 3.63) is 29.6 Å². The lowest BCUT2D eigenvalue weighted by molar-refractivity contribution is -0.137. The number of aliphatic carboxylic acids is 1. The third-order valence-corrected chi connectivity index (χ3v) is 2.51. The Labute approximate surface area is 112 Å². The molecule has 5 nitrogen and oxygen atoms in total. The predicted molar refractivity (Wildman–Crippen MR) is 64.8 cm³/mol. The lowest BCUT2D eigenvalue weighted by Crippen LogP contribution is -2.39. The second kappa shape index (κ2) is 6.78. The molecule has 1 aromatic carbocycles. The zero-order valence-corrected chi connectivity index (χ0v) is 10.5. The third kappa shape index (κ3) is 4.45. The number of carbonyl (C=O) groups is 2. The molecule has 0 saturated heterocycles. The molecular weight excluding hydrogens is 277 g/mol. The smallest absolute Gasteiger partial charge is 0.319 e. The van der Waals surface area contributed by atoms with E-state index in [-0.39, 0.29) is 6.42 Å². The van der Waals surface area contributed by atoms with Crippen LogP contribution < -0.4 is 10.6 Å². The highest BCUT2D eigenvalue weighted by molar-refractivity contribution is 5.89. The summed E-state index contributed by atoms with van der Waals surface area (Å²) in [5, 5.41) is 12.9. The van der Waals surface area contributed by atoms with E-state index in [1.807, 2.05) is 5.32 Å². The van der Waals surface area contributed by atoms with Crippen LogP contribution in [0.4, 0.5) is 23.7 Å². The van der Waals surface area contributed by atoms with Gasteiger partial charge in [-0.05, 0) is 6.42 Å². The second-order valence-corrected chi connectivity index (χ2v) is 4.05. The number of carboxylic acid groups (broad SMARTS) is 1. The Morgan fingerprint density at radius 3 is 2.35 bits per heavy atom. The molecule has 0 bridgehead atoms. The topological polar surface area (TPSA) is 78.4 Å². The fraction of sp³-hybridized carbons (Fsp3) is 0.333. The van der Waals surface area contributed by atoms with Gasteiger partial charge in [-0.25, -0.2) is 18.0 Å². The van der Waals surface area contributed by atoms with Gasteiger partial charge in [-0.15, -0.1) is 0 Å². The van der Waals surface area contributed by atoms with E-state index in [4.69, 9.17) is 5.11 Å². The van der Waals surface area contributed by atoms with Gasteiger partial charge in [-0.1, -0.05) is 6.92 Å². The minimum Gasteiger partial charge on any atom is -0.481 e. The molecular formula is C12H13F3N2O3. The number of benzene rings is 1. The summed E-state index contributed by atoms with van der Waals surface area (Å²) in [6.07, 6.45) is 0.0458. The molecule has 0 heterocycles. The molecule has 1 unspecified atom stereocenters. The van der Waals surface area contributed by atoms with Crippen molar-refractivity contribution in [2.24, 2.45) is 0 Å². The number of urea groups is 1. The number of anilines is 1. The Bertz CT molecular complexity index is 523. The van der Waals surface area contributed by atoms with Gasteiger partial charge in [0.1, 0.15) is 5.82 Å². The zero-order chi connectivity index (χ0) is 15.3. The highest BCUT2D eigenvalue weighted by Gasteiger charge is 2.16. The number of nitrogens with one attached hydrogen (secondary N) is 2. The molecule has 0 saturated carbocycles. The fourth-order valence-corrected chi connectivity index (χ4v) is 1.47. The summed E-state index contributed by atoms with van der Waals surface area (Å²) in [7, 11) is 0. The first-order valence-electron chi connectivity index (χ1n) is 5.77. The van der Waals surface area contributed by atoms with Crippen LogP contribution in [-0.4, -0.2) is 23.1 Å². The van der Waals surface area contributed by atoms with Crippen LogP contribution in [0.15, 0.2) is 12.1 Å². The number of carboxylic acids is 1. The standard InChI is InChI=1S/C12H13F3N2O3/c1-2-6(3-11(18)19)16-12(20)17-10-5-8(14)7(13)4-9(10)15/h4-6H,2-3H2,1H3,(H,18,19)(H2,16,17,20). The molecule has 8 heteroatoms. The molecule has 0 radical (unpaired) electrons. The number of hydrogen-bond acceptors (Lipinski definition) is 2. The molecule has 0 aromatic heterocycles. The number of rotatable bonds is 5. The predicted octanol–water partition coefficient (Wildman–Crippen LogP) is 2.48. The van der Waals surface area contributed by atoms with Crippen molar-refractivity contribution in [2.75, 3.05) is 5.32 Å². The first-order valence-corrected chi connectivity index (χ1v) is 5.77. The average Bonchev–Trinajstić information content (AvgIpc) is 2.34. The molecule has 110 valence electrons. The highest BCUT2D eigenvalue weighted by atomic mass is 19.2. The van der Waals surface area contributed by atoms with E-state index in [9.17, 15) is 22.8 Å². The minimum absolute atomic E-state index is 0.301. The average molecular weight is 290 g/mol. The first kappa shape index (κ1) is 15.8. The van der Waals surface area contributed by atoms with E-state index < -0.39 is 41.2 Å². The molecule has 1 atom stereocenters. The van der Waals surface area contributed by atoms with Gasteiger partial charge < -0.3 is 15.7 Å². The molecule has 1 rings (SSSR count). The molecule has 0 spiro atoms. The number of hydrogen-bond donors (Lipinski definition) is 3. The monoisotopic (exact) mass is 290 g/mol. The van der Waals surface area contributed by atoms with Gasteiger partial charge in [0.05, 0.1) is 12.1 Å². The van der Waals surface area contributed by atoms with E-state index in [1.165, 1.54) is 0 Å². The van der Waals surface area contributed by atoms with Gasteiger partial charge in [0, 0.05) is 18.2 Å². The van der Waals surface area contributed by atoms with Crippen molar-refractivity contribution in [2.45, 2.75) is 25.8 Å². The maximum atomic E-state index is 13.3. The Morgan fingerprint density at radius 1 is 1.20 bits per heavy atom. The summed E-state index contributed by atoms with van der Waals surface area (Å²) in [5.74, 6) is -4.91. The Morgan fingerprint density at radius 2 is 1.80 bits per heavy atom. The van der Waals surface area contributed by atoms with Gasteiger partial charge in [-0.2, -0.15) is 0 Å². The van der Waals surface area contributed by atoms with Crippen LogP contribution in [0.5, 0.6) is 0 Å². The molecule has 3 N–H and O–H groups in total. The largest absolute Gasteiger partial charge is 0.481 e. The maximum Gasteiger partial charge on any atom is 0.319 e. The normalized spacial score (nSPS) is 11.8. The molecule has 0 aliphatic heterocycles. The molecule has 0 aliphatic carbocycles. The SMILES string of the molecule is CCC(CC(=O)O)NC(=O)Nc1cc(F)c(F)cc1F. The summed E-state index contributed by atoms with van der Waals surface area (Å²) < 4.78 is 38.9. The van der Waals surface area contributed by atoms with Crippen LogP contribution in [0.25, 0.3) is 0 Å². The van der Waals surface area contributed by atoms with Crippen molar-refractivity contribution in [3.63, 3.8) is 0 Å². The van der Waals surface area contributed by atoms with E-state index in [0.717, 1.165) is 0 Å². The molecule has 20 heavy (non-hydrogen) atoms. The highest BCUT2D eigenvalue weighted by Crippen LogP contribution is 2.18. The minimum atomic E-state index is -1.37. The van der Waals surface area contributed by atoms with Crippen LogP contribution in [0.2, 0.25) is 0 Å². The van der Waals surface area contributed by atoms with Crippen LogP contribution >= 0.6 is 0 Å². The van der Waals surface area contributed by atoms with Gasteiger partial charge in [0.2, 0.25) is 0 Å². The summed E-state index contributed by atoms with van der Waals surface area (Å²) in [6, 6.07) is -0.745. The van der Waals surface area contributed by atoms with Crippen LogP contribution in [0.3, 0.4) is 0 Å². The van der Waals surface area contributed by atoms with E-state index in [1.54, 1.807) is 6.92 Å². The van der Waals surface area contributed by atoms with Crippen molar-refractivity contribution in [1.29, 1.82) is 0 Å². The fourth-order valence-electron chi connectivity index (χ4n) is 1.47. The summed E-state index contributed by atoms with van der Waals surface area (Å²) in [4.78, 5) is 22.0. The van der Waals surface area contributed by atoms with Crippen molar-refractivity contribution >= 4 is 17.7 Å². The quantitative estimate of drug-likeness (QED) is 0.729. The summed E-state index contributed by atoms with van der Waals surface area (Å²) in [5.41, 5.74) is -0.536. The summed E-state index contributed by atoms with van der Waals surface area (Å²) >= 11 is 0. The lowest BCUT2D eigenvalue weighted by Gasteiger charge is -2.15. The van der Waals surface area contributed by atoms with Crippen LogP contribution in [0, 0.1) is 17.5 Å². The van der Waals surface area contributed by atoms with Crippen LogP contribution in [0.1, 0.15) is 19.8 Å². The number of halogens is 3. The second-order valence-electron chi connectivity index (χ2n) is 4.05. The maximum absolute atomic E-state index is 13.3. The number of carbonyl (C=O) groups excluding carboxylic acids is 1. The molecule has 0 aliphatic rings. The van der Waals surface area contributed by atoms with E-state index >= 15 is 0 Å². The Balaban J connectivity index is 2.71. The third-order valence-electron chi connectivity index (χ3n) is 2.51. The number of amides is 2. The van der Waals surface area contributed by atoms with Crippen molar-refractivity contribution < 1.29 is 27.9 Å². The van der Waals surface area contributed by atoms with Gasteiger partial charge in [0.25, 0.3) is 0 Å². The Kier molecular flexibility index (Phi) is 5.36. The Hall–Kier alpha value is -2.25. The van der Waals surface area contributed by atoms with Crippen molar-refractivity contribution in [3.8, 4) is 0 Å². The molecule has 1 aromatic rings. The van der Waals surface area contributed by atoms with E-state index in [2.05, 4.69) is 5.32 Å². The van der Waals surface area contributed by atoms with E-state index in [0.29, 0.717) is 18.6 Å². The zero-order valence-electron chi connectivity index (χ0n) is 10.5.